The fourth-order valence-electron chi connectivity index (χ4n) is 2.98. The Morgan fingerprint density at radius 1 is 0.778 bits per heavy atom. The number of amides is 3. The Balaban J connectivity index is 2.97. The lowest BCUT2D eigenvalue weighted by atomic mass is 10.0. The maximum atomic E-state index is 12.9. The van der Waals surface area contributed by atoms with Gasteiger partial charge in [0.15, 0.2) is 0 Å². The average molecular weight is 511 g/mol. The highest BCUT2D eigenvalue weighted by molar-refractivity contribution is 5.94. The first kappa shape index (κ1) is 29.8. The average Bonchev–Trinajstić information content (AvgIpc) is 2.79. The van der Waals surface area contributed by atoms with E-state index in [1.165, 1.54) is 19.1 Å². The number of aromatic hydroxyl groups is 1. The third-order valence-corrected chi connectivity index (χ3v) is 5.02. The molecule has 0 aliphatic carbocycles. The van der Waals surface area contributed by atoms with Crippen LogP contribution in [-0.2, 0) is 35.2 Å². The minimum absolute atomic E-state index is 0.0152. The predicted molar refractivity (Wildman–Crippen MR) is 123 cm³/mol. The maximum Gasteiger partial charge on any atom is 0.325 e. The second kappa shape index (κ2) is 14.3. The molecule has 0 aromatic heterocycles. The topological polar surface area (TPSA) is 245 Å². The van der Waals surface area contributed by atoms with Crippen LogP contribution in [0, 0.1) is 0 Å². The van der Waals surface area contributed by atoms with Crippen LogP contribution in [0.4, 0.5) is 0 Å². The highest BCUT2D eigenvalue weighted by Crippen LogP contribution is 2.11. The van der Waals surface area contributed by atoms with Crippen molar-refractivity contribution in [3.05, 3.63) is 29.8 Å². The molecule has 1 rings (SSSR count). The minimum Gasteiger partial charge on any atom is -0.508 e. The van der Waals surface area contributed by atoms with E-state index < -0.39 is 72.6 Å². The summed E-state index contributed by atoms with van der Waals surface area (Å²) in [6.45, 7) is 1.17. The van der Waals surface area contributed by atoms with Crippen LogP contribution in [-0.4, -0.2) is 80.2 Å². The number of carbonyl (C=O) groups is 6. The zero-order valence-electron chi connectivity index (χ0n) is 19.5. The van der Waals surface area contributed by atoms with Gasteiger partial charge >= 0.3 is 17.9 Å². The molecule has 9 N–H and O–H groups in total. The van der Waals surface area contributed by atoms with E-state index >= 15 is 0 Å². The summed E-state index contributed by atoms with van der Waals surface area (Å²) >= 11 is 0. The van der Waals surface area contributed by atoms with Crippen molar-refractivity contribution in [3.8, 4) is 5.75 Å². The summed E-state index contributed by atoms with van der Waals surface area (Å²) in [4.78, 5) is 70.9. The zero-order valence-corrected chi connectivity index (χ0v) is 19.5. The number of carbonyl (C=O) groups excluding carboxylic acids is 3. The van der Waals surface area contributed by atoms with Gasteiger partial charge in [-0.2, -0.15) is 0 Å². The Labute approximate surface area is 205 Å². The summed E-state index contributed by atoms with van der Waals surface area (Å²) in [5.41, 5.74) is 6.51. The van der Waals surface area contributed by atoms with Gasteiger partial charge in [-0.15, -0.1) is 0 Å². The number of benzene rings is 1. The van der Waals surface area contributed by atoms with E-state index in [2.05, 4.69) is 16.0 Å². The van der Waals surface area contributed by atoms with E-state index in [0.717, 1.165) is 0 Å². The van der Waals surface area contributed by atoms with Crippen molar-refractivity contribution in [2.45, 2.75) is 63.2 Å². The zero-order chi connectivity index (χ0) is 27.4. The van der Waals surface area contributed by atoms with Crippen molar-refractivity contribution in [2.75, 3.05) is 0 Å². The van der Waals surface area contributed by atoms with Crippen LogP contribution in [0.5, 0.6) is 5.75 Å². The van der Waals surface area contributed by atoms with E-state index in [0.29, 0.717) is 5.56 Å². The van der Waals surface area contributed by atoms with E-state index in [9.17, 15) is 33.9 Å². The number of aliphatic carboxylic acids is 3. The van der Waals surface area contributed by atoms with Crippen molar-refractivity contribution < 1.29 is 49.2 Å². The van der Waals surface area contributed by atoms with Crippen molar-refractivity contribution in [1.29, 1.82) is 0 Å². The van der Waals surface area contributed by atoms with Crippen LogP contribution in [0.2, 0.25) is 0 Å². The monoisotopic (exact) mass is 510 g/mol. The molecule has 0 fully saturated rings. The number of carboxylic acids is 3. The molecule has 0 saturated heterocycles. The van der Waals surface area contributed by atoms with Gasteiger partial charge in [-0.25, -0.2) is 0 Å². The standard InChI is InChI=1S/C22H30N4O10/c1-11(22(35)36)24-20(33)15(6-8-17(28)29)26-21(34)16(7-9-18(30)31)25-19(32)14(23)10-12-2-4-13(27)5-3-12/h2-5,11,14-16,27H,6-10,23H2,1H3,(H,24,33)(H,25,32)(H,26,34)(H,28,29)(H,30,31)(H,35,36). The van der Waals surface area contributed by atoms with Crippen LogP contribution < -0.4 is 21.7 Å². The van der Waals surface area contributed by atoms with E-state index in [-0.39, 0.29) is 25.0 Å². The van der Waals surface area contributed by atoms with Gasteiger partial charge in [0, 0.05) is 12.8 Å². The molecule has 0 spiro atoms. The predicted octanol–water partition coefficient (Wildman–Crippen LogP) is -1.45. The molecule has 4 unspecified atom stereocenters. The molecule has 0 saturated carbocycles. The molecule has 3 amide bonds. The summed E-state index contributed by atoms with van der Waals surface area (Å²) in [6.07, 6.45) is -1.77. The SMILES string of the molecule is CC(NC(=O)C(CCC(=O)O)NC(=O)C(CCC(=O)O)NC(=O)C(N)Cc1ccc(O)cc1)C(=O)O. The largest absolute Gasteiger partial charge is 0.508 e. The lowest BCUT2D eigenvalue weighted by Crippen LogP contribution is -2.57. The summed E-state index contributed by atoms with van der Waals surface area (Å²) in [7, 11) is 0. The number of hydrogen-bond donors (Lipinski definition) is 8. The van der Waals surface area contributed by atoms with Gasteiger partial charge in [-0.05, 0) is 43.9 Å². The number of carboxylic acid groups (broad SMARTS) is 3. The third-order valence-electron chi connectivity index (χ3n) is 5.02. The van der Waals surface area contributed by atoms with Crippen molar-refractivity contribution in [2.24, 2.45) is 5.73 Å². The summed E-state index contributed by atoms with van der Waals surface area (Å²) in [5, 5.41) is 43.0. The highest BCUT2D eigenvalue weighted by Gasteiger charge is 2.30. The fraction of sp³-hybridized carbons (Fsp3) is 0.455. The van der Waals surface area contributed by atoms with Gasteiger partial charge in [0.1, 0.15) is 23.9 Å². The number of phenolic OH excluding ortho intramolecular Hbond substituents is 1. The smallest absolute Gasteiger partial charge is 0.325 e. The Bertz CT molecular complexity index is 966. The van der Waals surface area contributed by atoms with Gasteiger partial charge < -0.3 is 42.1 Å². The van der Waals surface area contributed by atoms with Crippen LogP contribution in [0.3, 0.4) is 0 Å². The highest BCUT2D eigenvalue weighted by atomic mass is 16.4. The molecule has 0 aliphatic heterocycles. The Morgan fingerprint density at radius 3 is 1.67 bits per heavy atom. The van der Waals surface area contributed by atoms with Gasteiger partial charge in [0.05, 0.1) is 6.04 Å². The molecular weight excluding hydrogens is 480 g/mol. The van der Waals surface area contributed by atoms with Crippen molar-refractivity contribution >= 4 is 35.6 Å². The Hall–Kier alpha value is -4.20. The molecule has 14 nitrogen and oxygen atoms in total. The molecule has 0 bridgehead atoms. The molecule has 0 aliphatic rings. The molecule has 1 aromatic carbocycles. The molecular formula is C22H30N4O10. The normalized spacial score (nSPS) is 13.9. The summed E-state index contributed by atoms with van der Waals surface area (Å²) in [6, 6.07) is 0.510. The number of rotatable bonds is 15. The van der Waals surface area contributed by atoms with Gasteiger partial charge in [0.2, 0.25) is 17.7 Å². The van der Waals surface area contributed by atoms with Crippen molar-refractivity contribution in [3.63, 3.8) is 0 Å². The number of phenols is 1. The van der Waals surface area contributed by atoms with E-state index in [1.807, 2.05) is 0 Å². The van der Waals surface area contributed by atoms with E-state index in [1.54, 1.807) is 12.1 Å². The molecule has 1 aromatic rings. The molecule has 4 atom stereocenters. The minimum atomic E-state index is -1.47. The molecule has 36 heavy (non-hydrogen) atoms. The van der Waals surface area contributed by atoms with Gasteiger partial charge in [0.25, 0.3) is 0 Å². The Kier molecular flexibility index (Phi) is 11.8. The fourth-order valence-corrected chi connectivity index (χ4v) is 2.98. The molecule has 0 radical (unpaired) electrons. The molecule has 0 heterocycles. The van der Waals surface area contributed by atoms with Crippen LogP contribution >= 0.6 is 0 Å². The van der Waals surface area contributed by atoms with E-state index in [4.69, 9.17) is 21.1 Å². The quantitative estimate of drug-likeness (QED) is 0.136. The van der Waals surface area contributed by atoms with Gasteiger partial charge in [-0.3, -0.25) is 28.8 Å². The lowest BCUT2D eigenvalue weighted by molar-refractivity contribution is -0.142. The first-order chi connectivity index (χ1) is 16.8. The second-order valence-electron chi connectivity index (χ2n) is 8.03. The first-order valence-electron chi connectivity index (χ1n) is 10.9. The summed E-state index contributed by atoms with van der Waals surface area (Å²) in [5.74, 6) is -6.61. The number of hydrogen-bond acceptors (Lipinski definition) is 8. The lowest BCUT2D eigenvalue weighted by Gasteiger charge is -2.24. The second-order valence-corrected chi connectivity index (χ2v) is 8.03. The molecule has 198 valence electrons. The van der Waals surface area contributed by atoms with Crippen molar-refractivity contribution in [1.82, 2.24) is 16.0 Å². The molecule has 14 heteroatoms. The van der Waals surface area contributed by atoms with Crippen LogP contribution in [0.15, 0.2) is 24.3 Å². The number of nitrogens with two attached hydrogens (primary N) is 1. The first-order valence-corrected chi connectivity index (χ1v) is 10.9. The van der Waals surface area contributed by atoms with Crippen LogP contribution in [0.25, 0.3) is 0 Å². The Morgan fingerprint density at radius 2 is 1.22 bits per heavy atom. The maximum absolute atomic E-state index is 12.9. The van der Waals surface area contributed by atoms with Gasteiger partial charge in [-0.1, -0.05) is 12.1 Å². The summed E-state index contributed by atoms with van der Waals surface area (Å²) < 4.78 is 0. The van der Waals surface area contributed by atoms with Crippen LogP contribution in [0.1, 0.15) is 38.2 Å². The third kappa shape index (κ3) is 10.8. The number of nitrogens with one attached hydrogen (secondary N) is 3.